The number of carbonyl (C=O) groups is 1. The summed E-state index contributed by atoms with van der Waals surface area (Å²) in [5.74, 6) is -0.560. The van der Waals surface area contributed by atoms with Gasteiger partial charge < -0.3 is 9.99 Å². The van der Waals surface area contributed by atoms with Gasteiger partial charge in [0.2, 0.25) is 0 Å². The van der Waals surface area contributed by atoms with Gasteiger partial charge in [0.05, 0.1) is 0 Å². The molecule has 13 heavy (non-hydrogen) atoms. The number of hydrogen-bond donors (Lipinski definition) is 2. The molecule has 2 N–H and O–H groups in total. The molecule has 0 atom stereocenters. The second-order valence-electron chi connectivity index (χ2n) is 3.06. The van der Waals surface area contributed by atoms with Crippen LogP contribution in [0.3, 0.4) is 0 Å². The molecular formula is C9H18O4. The predicted octanol–water partition coefficient (Wildman–Crippen LogP) is 1.73. The second-order valence-corrected chi connectivity index (χ2v) is 3.06. The van der Waals surface area contributed by atoms with Crippen molar-refractivity contribution in [3.05, 3.63) is 0 Å². The first-order valence-corrected chi connectivity index (χ1v) is 4.76. The van der Waals surface area contributed by atoms with Crippen LogP contribution in [-0.4, -0.2) is 22.9 Å². The van der Waals surface area contributed by atoms with Crippen molar-refractivity contribution in [2.75, 3.05) is 6.61 Å². The summed E-state index contributed by atoms with van der Waals surface area (Å²) >= 11 is 0. The highest BCUT2D eigenvalue weighted by molar-refractivity contribution is 5.68. The zero-order valence-electron chi connectivity index (χ0n) is 7.87. The average molecular weight is 190 g/mol. The maximum atomic E-state index is 10.4. The molecule has 0 heterocycles. The number of carbonyl (C=O) groups excluding carboxylic acids is 1. The molecule has 0 radical (unpaired) electrons. The third-order valence-corrected chi connectivity index (χ3v) is 1.89. The molecule has 0 unspecified atom stereocenters. The topological polar surface area (TPSA) is 66.8 Å². The van der Waals surface area contributed by atoms with Crippen molar-refractivity contribution in [3.8, 4) is 0 Å². The zero-order chi connectivity index (χ0) is 9.94. The summed E-state index contributed by atoms with van der Waals surface area (Å²) in [5, 5.41) is 16.4. The standard InChI is InChI=1S/C9H18O4/c10-8-6-4-2-1-3-5-7-9(11)13-12/h10,12H,1-8H2. The van der Waals surface area contributed by atoms with Gasteiger partial charge in [-0.3, -0.25) is 0 Å². The molecule has 0 saturated heterocycles. The van der Waals surface area contributed by atoms with Gasteiger partial charge in [0.15, 0.2) is 0 Å². The van der Waals surface area contributed by atoms with E-state index in [1.165, 1.54) is 0 Å². The van der Waals surface area contributed by atoms with Crippen molar-refractivity contribution < 1.29 is 20.0 Å². The maximum absolute atomic E-state index is 10.4. The van der Waals surface area contributed by atoms with Crippen LogP contribution in [0.1, 0.15) is 44.9 Å². The number of aliphatic hydroxyl groups excluding tert-OH is 1. The minimum atomic E-state index is -0.560. The molecule has 0 amide bonds. The largest absolute Gasteiger partial charge is 0.396 e. The molecule has 0 aromatic carbocycles. The van der Waals surface area contributed by atoms with E-state index < -0.39 is 5.97 Å². The number of aliphatic hydroxyl groups is 1. The number of rotatable bonds is 8. The summed E-state index contributed by atoms with van der Waals surface area (Å²) < 4.78 is 0. The Morgan fingerprint density at radius 1 is 1.00 bits per heavy atom. The fourth-order valence-corrected chi connectivity index (χ4v) is 1.13. The lowest BCUT2D eigenvalue weighted by molar-refractivity contribution is -0.234. The van der Waals surface area contributed by atoms with Crippen molar-refractivity contribution in [3.63, 3.8) is 0 Å². The normalized spacial score (nSPS) is 10.0. The Kier molecular flexibility index (Phi) is 9.03. The highest BCUT2D eigenvalue weighted by Gasteiger charge is 2.00. The lowest BCUT2D eigenvalue weighted by Crippen LogP contribution is -1.99. The fourth-order valence-electron chi connectivity index (χ4n) is 1.13. The Morgan fingerprint density at radius 2 is 1.54 bits per heavy atom. The minimum Gasteiger partial charge on any atom is -0.396 e. The average Bonchev–Trinajstić information content (AvgIpc) is 2.16. The van der Waals surface area contributed by atoms with Crippen LogP contribution in [0.5, 0.6) is 0 Å². The van der Waals surface area contributed by atoms with Crippen LogP contribution in [0.15, 0.2) is 0 Å². The van der Waals surface area contributed by atoms with Crippen LogP contribution in [-0.2, 0) is 9.68 Å². The van der Waals surface area contributed by atoms with E-state index in [1.54, 1.807) is 0 Å². The molecule has 0 fully saturated rings. The van der Waals surface area contributed by atoms with Crippen molar-refractivity contribution >= 4 is 5.97 Å². The lowest BCUT2D eigenvalue weighted by atomic mass is 10.1. The van der Waals surface area contributed by atoms with Crippen molar-refractivity contribution in [2.45, 2.75) is 44.9 Å². The Bertz CT molecular complexity index is 125. The highest BCUT2D eigenvalue weighted by atomic mass is 17.1. The Balaban J connectivity index is 2.95. The van der Waals surface area contributed by atoms with Gasteiger partial charge in [-0.05, 0) is 12.8 Å². The molecule has 0 bridgehead atoms. The van der Waals surface area contributed by atoms with E-state index in [-0.39, 0.29) is 13.0 Å². The van der Waals surface area contributed by atoms with Crippen molar-refractivity contribution in [1.82, 2.24) is 0 Å². The van der Waals surface area contributed by atoms with Crippen LogP contribution in [0.2, 0.25) is 0 Å². The summed E-state index contributed by atoms with van der Waals surface area (Å²) in [6.45, 7) is 0.261. The van der Waals surface area contributed by atoms with E-state index in [0.29, 0.717) is 0 Å². The molecule has 0 aromatic rings. The third kappa shape index (κ3) is 9.30. The molecule has 0 aliphatic heterocycles. The quantitative estimate of drug-likeness (QED) is 0.347. The zero-order valence-corrected chi connectivity index (χ0v) is 7.87. The van der Waals surface area contributed by atoms with E-state index in [1.807, 2.05) is 0 Å². The van der Waals surface area contributed by atoms with Gasteiger partial charge in [-0.25, -0.2) is 4.79 Å². The summed E-state index contributed by atoms with van der Waals surface area (Å²) in [6, 6.07) is 0. The van der Waals surface area contributed by atoms with Gasteiger partial charge >= 0.3 is 5.97 Å². The Morgan fingerprint density at radius 3 is 2.08 bits per heavy atom. The van der Waals surface area contributed by atoms with Crippen molar-refractivity contribution in [2.24, 2.45) is 0 Å². The van der Waals surface area contributed by atoms with E-state index in [9.17, 15) is 4.79 Å². The second kappa shape index (κ2) is 9.48. The molecule has 78 valence electrons. The molecular weight excluding hydrogens is 172 g/mol. The number of hydrogen-bond acceptors (Lipinski definition) is 4. The van der Waals surface area contributed by atoms with Gasteiger partial charge in [0.25, 0.3) is 0 Å². The molecule has 4 heteroatoms. The van der Waals surface area contributed by atoms with E-state index in [2.05, 4.69) is 4.89 Å². The first kappa shape index (κ1) is 12.4. The monoisotopic (exact) mass is 190 g/mol. The third-order valence-electron chi connectivity index (χ3n) is 1.89. The van der Waals surface area contributed by atoms with Crippen LogP contribution in [0, 0.1) is 0 Å². The van der Waals surface area contributed by atoms with Gasteiger partial charge in [0, 0.05) is 13.0 Å². The van der Waals surface area contributed by atoms with Crippen molar-refractivity contribution in [1.29, 1.82) is 0 Å². The Labute approximate surface area is 78.5 Å². The molecule has 0 aromatic heterocycles. The molecule has 0 rings (SSSR count). The smallest absolute Gasteiger partial charge is 0.342 e. The van der Waals surface area contributed by atoms with Gasteiger partial charge in [-0.15, -0.1) is 0 Å². The molecule has 0 spiro atoms. The SMILES string of the molecule is O=C(CCCCCCCCO)OO. The molecule has 0 saturated carbocycles. The first-order valence-electron chi connectivity index (χ1n) is 4.76. The predicted molar refractivity (Wildman–Crippen MR) is 48.1 cm³/mol. The van der Waals surface area contributed by atoms with E-state index in [4.69, 9.17) is 10.4 Å². The van der Waals surface area contributed by atoms with Gasteiger partial charge in [-0.2, -0.15) is 5.26 Å². The summed E-state index contributed by atoms with van der Waals surface area (Å²) in [4.78, 5) is 14.0. The molecule has 0 aliphatic rings. The minimum absolute atomic E-state index is 0.261. The Hall–Kier alpha value is -0.610. The van der Waals surface area contributed by atoms with Crippen LogP contribution in [0.4, 0.5) is 0 Å². The van der Waals surface area contributed by atoms with E-state index in [0.717, 1.165) is 38.5 Å². The van der Waals surface area contributed by atoms with Crippen LogP contribution >= 0.6 is 0 Å². The van der Waals surface area contributed by atoms with E-state index >= 15 is 0 Å². The number of unbranched alkanes of at least 4 members (excludes halogenated alkanes) is 5. The van der Waals surface area contributed by atoms with Gasteiger partial charge in [-0.1, -0.05) is 25.7 Å². The maximum Gasteiger partial charge on any atom is 0.342 e. The molecule has 0 aliphatic carbocycles. The summed E-state index contributed by atoms with van der Waals surface area (Å²) in [7, 11) is 0. The molecule has 4 nitrogen and oxygen atoms in total. The van der Waals surface area contributed by atoms with Crippen LogP contribution in [0.25, 0.3) is 0 Å². The first-order chi connectivity index (χ1) is 6.31. The van der Waals surface area contributed by atoms with Crippen LogP contribution < -0.4 is 0 Å². The lowest BCUT2D eigenvalue weighted by Gasteiger charge is -1.99. The summed E-state index contributed by atoms with van der Waals surface area (Å²) in [5.41, 5.74) is 0. The van der Waals surface area contributed by atoms with Gasteiger partial charge in [0.1, 0.15) is 0 Å². The summed E-state index contributed by atoms with van der Waals surface area (Å²) in [6.07, 6.45) is 6.09. The fraction of sp³-hybridized carbons (Fsp3) is 0.889. The highest BCUT2D eigenvalue weighted by Crippen LogP contribution is 2.07.